The second-order valence-electron chi connectivity index (χ2n) is 9.21. The second kappa shape index (κ2) is 10.1. The van der Waals surface area contributed by atoms with Crippen LogP contribution in [0.3, 0.4) is 0 Å². The van der Waals surface area contributed by atoms with Gasteiger partial charge in [0.05, 0.1) is 0 Å². The minimum absolute atomic E-state index is 0.233. The molecule has 2 saturated heterocycles. The van der Waals surface area contributed by atoms with E-state index in [2.05, 4.69) is 53.1 Å². The lowest BCUT2D eigenvalue weighted by Crippen LogP contribution is -2.42. The molecule has 1 aromatic rings. The number of rotatable bonds is 3. The van der Waals surface area contributed by atoms with Crippen LogP contribution in [0.25, 0.3) is 0 Å². The summed E-state index contributed by atoms with van der Waals surface area (Å²) < 4.78 is 31.7. The number of likely N-dealkylation sites (tertiary alicyclic amines) is 2. The normalized spacial score (nSPS) is 20.9. The first-order valence-electron chi connectivity index (χ1n) is 11.1. The highest BCUT2D eigenvalue weighted by molar-refractivity contribution is 5.80. The summed E-state index contributed by atoms with van der Waals surface area (Å²) in [5.74, 6) is -2.12. The van der Waals surface area contributed by atoms with Crippen molar-refractivity contribution in [3.05, 3.63) is 47.5 Å². The number of carboxylic acid groups (broad SMARTS) is 1. The summed E-state index contributed by atoms with van der Waals surface area (Å²) in [5.41, 5.74) is 3.14. The first-order chi connectivity index (χ1) is 15.1. The van der Waals surface area contributed by atoms with Crippen molar-refractivity contribution in [2.45, 2.75) is 51.7 Å². The van der Waals surface area contributed by atoms with Gasteiger partial charge in [0.25, 0.3) is 0 Å². The number of halogens is 3. The summed E-state index contributed by atoms with van der Waals surface area (Å²) in [4.78, 5) is 26.3. The van der Waals surface area contributed by atoms with Gasteiger partial charge in [0, 0.05) is 25.6 Å². The Morgan fingerprint density at radius 1 is 1.03 bits per heavy atom. The van der Waals surface area contributed by atoms with Crippen molar-refractivity contribution in [3.8, 4) is 0 Å². The summed E-state index contributed by atoms with van der Waals surface area (Å²) in [5, 5.41) is 7.12. The molecule has 4 rings (SSSR count). The average molecular weight is 453 g/mol. The van der Waals surface area contributed by atoms with Gasteiger partial charge in [0.1, 0.15) is 0 Å². The van der Waals surface area contributed by atoms with Crippen LogP contribution < -0.4 is 0 Å². The summed E-state index contributed by atoms with van der Waals surface area (Å²) in [6.07, 6.45) is 4.84. The Kier molecular flexibility index (Phi) is 7.64. The minimum atomic E-state index is -5.08. The Morgan fingerprint density at radius 2 is 1.56 bits per heavy atom. The number of aryl methyl sites for hydroxylation is 1. The SMILES string of the molecule is Cc1ccc(CN2CCC3(CC2)CCN(C(=O)C2CC=CC2)C3)cc1.O=C(O)C(F)(F)F. The number of piperidine rings is 1. The van der Waals surface area contributed by atoms with Gasteiger partial charge in [-0.15, -0.1) is 0 Å². The number of alkyl halides is 3. The van der Waals surface area contributed by atoms with E-state index in [0.717, 1.165) is 32.5 Å². The Hall–Kier alpha value is -2.35. The standard InChI is InChI=1S/C22H30N2O.C2HF3O2/c1-18-6-8-19(9-7-18)16-23-13-10-22(11-14-23)12-15-24(17-22)21(25)20-4-2-3-5-20;3-2(4,5)1(6)7/h2-3,6-9,20H,4-5,10-17H2,1H3;(H,6,7). The van der Waals surface area contributed by atoms with E-state index in [0.29, 0.717) is 11.3 Å². The summed E-state index contributed by atoms with van der Waals surface area (Å²) in [6, 6.07) is 8.93. The molecule has 0 aromatic heterocycles. The van der Waals surface area contributed by atoms with Gasteiger partial charge in [0.15, 0.2) is 0 Å². The van der Waals surface area contributed by atoms with Gasteiger partial charge < -0.3 is 10.0 Å². The predicted octanol–water partition coefficient (Wildman–Crippen LogP) is 4.41. The molecule has 2 fully saturated rings. The molecular weight excluding hydrogens is 421 g/mol. The van der Waals surface area contributed by atoms with Gasteiger partial charge in [-0.05, 0) is 63.1 Å². The monoisotopic (exact) mass is 452 g/mol. The van der Waals surface area contributed by atoms with Crippen LogP contribution in [0.2, 0.25) is 0 Å². The molecule has 32 heavy (non-hydrogen) atoms. The van der Waals surface area contributed by atoms with E-state index in [-0.39, 0.29) is 5.92 Å². The number of allylic oxidation sites excluding steroid dienone is 2. The van der Waals surface area contributed by atoms with Crippen LogP contribution in [0.1, 0.15) is 43.2 Å². The highest BCUT2D eigenvalue weighted by atomic mass is 19.4. The Morgan fingerprint density at radius 3 is 2.09 bits per heavy atom. The van der Waals surface area contributed by atoms with Crippen molar-refractivity contribution in [2.24, 2.45) is 11.3 Å². The van der Waals surface area contributed by atoms with Crippen molar-refractivity contribution in [1.29, 1.82) is 0 Å². The molecule has 0 bridgehead atoms. The van der Waals surface area contributed by atoms with Crippen LogP contribution >= 0.6 is 0 Å². The van der Waals surface area contributed by atoms with E-state index in [1.165, 1.54) is 43.5 Å². The van der Waals surface area contributed by atoms with Crippen molar-refractivity contribution in [2.75, 3.05) is 26.2 Å². The molecule has 1 N–H and O–H groups in total. The van der Waals surface area contributed by atoms with Gasteiger partial charge in [-0.2, -0.15) is 13.2 Å². The molecule has 0 radical (unpaired) electrons. The van der Waals surface area contributed by atoms with Crippen LogP contribution in [0.5, 0.6) is 0 Å². The van der Waals surface area contributed by atoms with Gasteiger partial charge >= 0.3 is 12.1 Å². The molecular formula is C24H31F3N2O3. The lowest BCUT2D eigenvalue weighted by Gasteiger charge is -2.39. The number of amides is 1. The third kappa shape index (κ3) is 6.34. The molecule has 5 nitrogen and oxygen atoms in total. The molecule has 2 heterocycles. The van der Waals surface area contributed by atoms with E-state index in [1.807, 2.05) is 0 Å². The van der Waals surface area contributed by atoms with Gasteiger partial charge in [-0.25, -0.2) is 4.79 Å². The number of hydrogen-bond acceptors (Lipinski definition) is 3. The number of benzene rings is 1. The molecule has 1 aliphatic carbocycles. The fourth-order valence-electron chi connectivity index (χ4n) is 4.75. The fourth-order valence-corrected chi connectivity index (χ4v) is 4.75. The zero-order valence-electron chi connectivity index (χ0n) is 18.4. The summed E-state index contributed by atoms with van der Waals surface area (Å²) >= 11 is 0. The highest BCUT2D eigenvalue weighted by Gasteiger charge is 2.43. The van der Waals surface area contributed by atoms with Crippen LogP contribution in [0.4, 0.5) is 13.2 Å². The highest BCUT2D eigenvalue weighted by Crippen LogP contribution is 2.41. The van der Waals surface area contributed by atoms with E-state index in [9.17, 15) is 18.0 Å². The van der Waals surface area contributed by atoms with Crippen molar-refractivity contribution >= 4 is 11.9 Å². The Bertz CT molecular complexity index is 820. The van der Waals surface area contributed by atoms with E-state index < -0.39 is 12.1 Å². The largest absolute Gasteiger partial charge is 0.490 e. The lowest BCUT2D eigenvalue weighted by molar-refractivity contribution is -0.192. The summed E-state index contributed by atoms with van der Waals surface area (Å²) in [6.45, 7) is 7.52. The topological polar surface area (TPSA) is 60.9 Å². The predicted molar refractivity (Wildman–Crippen MR) is 115 cm³/mol. The van der Waals surface area contributed by atoms with Crippen molar-refractivity contribution in [1.82, 2.24) is 9.80 Å². The first-order valence-corrected chi connectivity index (χ1v) is 11.1. The third-order valence-electron chi connectivity index (χ3n) is 6.79. The third-order valence-corrected chi connectivity index (χ3v) is 6.79. The fraction of sp³-hybridized carbons (Fsp3) is 0.583. The Balaban J connectivity index is 0.000000360. The smallest absolute Gasteiger partial charge is 0.475 e. The molecule has 1 spiro atoms. The maximum atomic E-state index is 12.7. The number of nitrogens with zero attached hydrogens (tertiary/aromatic N) is 2. The lowest BCUT2D eigenvalue weighted by atomic mass is 9.77. The van der Waals surface area contributed by atoms with Crippen LogP contribution in [-0.2, 0) is 16.1 Å². The maximum Gasteiger partial charge on any atom is 0.490 e. The molecule has 3 aliphatic rings. The minimum Gasteiger partial charge on any atom is -0.475 e. The molecule has 8 heteroatoms. The van der Waals surface area contributed by atoms with Crippen molar-refractivity contribution in [3.63, 3.8) is 0 Å². The molecule has 1 amide bonds. The zero-order valence-corrected chi connectivity index (χ0v) is 18.4. The number of carboxylic acids is 1. The van der Waals surface area contributed by atoms with E-state index in [4.69, 9.17) is 9.90 Å². The van der Waals surface area contributed by atoms with Gasteiger partial charge in [0.2, 0.25) is 5.91 Å². The number of aliphatic carboxylic acids is 1. The number of hydrogen-bond donors (Lipinski definition) is 1. The maximum absolute atomic E-state index is 12.7. The van der Waals surface area contributed by atoms with Crippen molar-refractivity contribution < 1.29 is 27.9 Å². The molecule has 0 atom stereocenters. The number of carbonyl (C=O) groups is 2. The molecule has 0 unspecified atom stereocenters. The first kappa shape index (κ1) is 24.3. The van der Waals surface area contributed by atoms with Gasteiger partial charge in [-0.3, -0.25) is 9.69 Å². The molecule has 2 aliphatic heterocycles. The van der Waals surface area contributed by atoms with Crippen LogP contribution in [-0.4, -0.2) is 59.1 Å². The van der Waals surface area contributed by atoms with Crippen LogP contribution in [0, 0.1) is 18.3 Å². The molecule has 0 saturated carbocycles. The molecule has 1 aromatic carbocycles. The zero-order chi connectivity index (χ0) is 23.4. The van der Waals surface area contributed by atoms with E-state index in [1.54, 1.807) is 0 Å². The van der Waals surface area contributed by atoms with Crippen LogP contribution in [0.15, 0.2) is 36.4 Å². The average Bonchev–Trinajstić information content (AvgIpc) is 3.42. The summed E-state index contributed by atoms with van der Waals surface area (Å²) in [7, 11) is 0. The quantitative estimate of drug-likeness (QED) is 0.691. The van der Waals surface area contributed by atoms with E-state index >= 15 is 0 Å². The second-order valence-corrected chi connectivity index (χ2v) is 9.21. The molecule has 176 valence electrons. The van der Waals surface area contributed by atoms with Gasteiger partial charge in [-0.1, -0.05) is 42.0 Å². The number of carbonyl (C=O) groups excluding carboxylic acids is 1. The Labute approximate surface area is 186 Å².